The first kappa shape index (κ1) is 12.7. The highest BCUT2D eigenvalue weighted by molar-refractivity contribution is 6.17. The molecule has 94 valence electrons. The number of aromatic nitrogens is 1. The zero-order valence-corrected chi connectivity index (χ0v) is 11.3. The van der Waals surface area contributed by atoms with Crippen LogP contribution in [-0.2, 0) is 5.88 Å². The molecule has 1 aliphatic rings. The number of halogens is 1. The minimum absolute atomic E-state index is 0.340. The number of pyridine rings is 1. The lowest BCUT2D eigenvalue weighted by Crippen LogP contribution is -2.24. The Hall–Kier alpha value is -0.760. The van der Waals surface area contributed by atoms with Gasteiger partial charge in [0, 0.05) is 17.6 Å². The Bertz CT molecular complexity index is 380. The lowest BCUT2D eigenvalue weighted by molar-refractivity contribution is 0.123. The van der Waals surface area contributed by atoms with E-state index in [-0.39, 0.29) is 0 Å². The fourth-order valence-electron chi connectivity index (χ4n) is 2.43. The monoisotopic (exact) mass is 253 g/mol. The molecule has 1 aromatic heterocycles. The van der Waals surface area contributed by atoms with Crippen molar-refractivity contribution in [1.82, 2.24) is 4.98 Å². The van der Waals surface area contributed by atoms with Gasteiger partial charge in [0.1, 0.15) is 6.10 Å². The van der Waals surface area contributed by atoms with Gasteiger partial charge in [0.05, 0.1) is 0 Å². The molecule has 0 amide bonds. The van der Waals surface area contributed by atoms with E-state index in [0.717, 1.165) is 35.9 Å². The van der Waals surface area contributed by atoms with Crippen molar-refractivity contribution in [3.05, 3.63) is 23.4 Å². The van der Waals surface area contributed by atoms with Crippen molar-refractivity contribution < 1.29 is 4.74 Å². The number of ether oxygens (including phenoxy) is 1. The molecule has 17 heavy (non-hydrogen) atoms. The molecule has 0 aromatic carbocycles. The highest BCUT2D eigenvalue weighted by Crippen LogP contribution is 2.27. The molecule has 3 heteroatoms. The molecule has 0 N–H and O–H groups in total. The van der Waals surface area contributed by atoms with Crippen LogP contribution in [0.25, 0.3) is 0 Å². The first-order chi connectivity index (χ1) is 8.19. The molecule has 2 unspecified atom stereocenters. The summed E-state index contributed by atoms with van der Waals surface area (Å²) in [6, 6.07) is 3.95. The molecule has 1 aromatic rings. The predicted octanol–water partition coefficient (Wildman–Crippen LogP) is 4.09. The minimum atomic E-state index is 0.340. The normalized spacial score (nSPS) is 24.6. The van der Waals surface area contributed by atoms with E-state index in [9.17, 15) is 0 Å². The molecular formula is C14H20ClNO. The van der Waals surface area contributed by atoms with Crippen LogP contribution in [0.2, 0.25) is 0 Å². The Balaban J connectivity index is 2.00. The Morgan fingerprint density at radius 3 is 2.88 bits per heavy atom. The highest BCUT2D eigenvalue weighted by Gasteiger charge is 2.20. The van der Waals surface area contributed by atoms with Gasteiger partial charge in [-0.25, -0.2) is 4.98 Å². The van der Waals surface area contributed by atoms with Gasteiger partial charge in [-0.2, -0.15) is 0 Å². The summed E-state index contributed by atoms with van der Waals surface area (Å²) >= 11 is 5.81. The van der Waals surface area contributed by atoms with E-state index in [1.807, 2.05) is 19.1 Å². The minimum Gasteiger partial charge on any atom is -0.474 e. The SMILES string of the molecule is Cc1nc(OC2CCCC(C)C2)ccc1CCl. The summed E-state index contributed by atoms with van der Waals surface area (Å²) in [7, 11) is 0. The molecule has 2 nitrogen and oxygen atoms in total. The zero-order chi connectivity index (χ0) is 12.3. The van der Waals surface area contributed by atoms with Gasteiger partial charge in [-0.1, -0.05) is 19.4 Å². The second-order valence-corrected chi connectivity index (χ2v) is 5.31. The van der Waals surface area contributed by atoms with Gasteiger partial charge in [0.25, 0.3) is 0 Å². The van der Waals surface area contributed by atoms with E-state index in [4.69, 9.17) is 16.3 Å². The van der Waals surface area contributed by atoms with Crippen LogP contribution in [0.1, 0.15) is 43.9 Å². The van der Waals surface area contributed by atoms with E-state index in [1.165, 1.54) is 12.8 Å². The lowest BCUT2D eigenvalue weighted by Gasteiger charge is -2.27. The fraction of sp³-hybridized carbons (Fsp3) is 0.643. The van der Waals surface area contributed by atoms with Gasteiger partial charge < -0.3 is 4.74 Å². The Morgan fingerprint density at radius 1 is 1.41 bits per heavy atom. The molecule has 1 saturated carbocycles. The summed E-state index contributed by atoms with van der Waals surface area (Å²) < 4.78 is 5.95. The molecule has 2 atom stereocenters. The quantitative estimate of drug-likeness (QED) is 0.757. The number of aryl methyl sites for hydroxylation is 1. The van der Waals surface area contributed by atoms with E-state index < -0.39 is 0 Å². The van der Waals surface area contributed by atoms with E-state index in [2.05, 4.69) is 11.9 Å². The Morgan fingerprint density at radius 2 is 2.24 bits per heavy atom. The highest BCUT2D eigenvalue weighted by atomic mass is 35.5. The smallest absolute Gasteiger partial charge is 0.213 e. The van der Waals surface area contributed by atoms with Crippen LogP contribution < -0.4 is 4.74 Å². The van der Waals surface area contributed by atoms with Crippen LogP contribution in [-0.4, -0.2) is 11.1 Å². The topological polar surface area (TPSA) is 22.1 Å². The molecule has 0 radical (unpaired) electrons. The number of nitrogens with zero attached hydrogens (tertiary/aromatic N) is 1. The molecule has 1 fully saturated rings. The van der Waals surface area contributed by atoms with Gasteiger partial charge in [-0.3, -0.25) is 0 Å². The maximum atomic E-state index is 5.95. The first-order valence-corrected chi connectivity index (χ1v) is 6.91. The third-order valence-corrected chi connectivity index (χ3v) is 3.78. The van der Waals surface area contributed by atoms with Crippen molar-refractivity contribution in [2.45, 2.75) is 51.5 Å². The van der Waals surface area contributed by atoms with Gasteiger partial charge >= 0.3 is 0 Å². The van der Waals surface area contributed by atoms with E-state index >= 15 is 0 Å². The second-order valence-electron chi connectivity index (χ2n) is 5.04. The Labute approximate surface area is 108 Å². The lowest BCUT2D eigenvalue weighted by atomic mass is 9.89. The molecule has 0 aliphatic heterocycles. The van der Waals surface area contributed by atoms with Crippen molar-refractivity contribution in [1.29, 1.82) is 0 Å². The van der Waals surface area contributed by atoms with Crippen LogP contribution in [0.3, 0.4) is 0 Å². The van der Waals surface area contributed by atoms with Gasteiger partial charge in [0.2, 0.25) is 5.88 Å². The third-order valence-electron chi connectivity index (χ3n) is 3.49. The number of alkyl halides is 1. The zero-order valence-electron chi connectivity index (χ0n) is 10.6. The van der Waals surface area contributed by atoms with Gasteiger partial charge in [0.15, 0.2) is 0 Å². The Kier molecular flexibility index (Phi) is 4.27. The predicted molar refractivity (Wildman–Crippen MR) is 70.6 cm³/mol. The van der Waals surface area contributed by atoms with E-state index in [0.29, 0.717) is 12.0 Å². The third kappa shape index (κ3) is 3.35. The molecule has 0 bridgehead atoms. The molecule has 2 rings (SSSR count). The van der Waals surface area contributed by atoms with Crippen LogP contribution in [0, 0.1) is 12.8 Å². The number of hydrogen-bond acceptors (Lipinski definition) is 2. The van der Waals surface area contributed by atoms with Gasteiger partial charge in [-0.05, 0) is 37.7 Å². The average Bonchev–Trinajstić information content (AvgIpc) is 2.29. The second kappa shape index (κ2) is 5.72. The van der Waals surface area contributed by atoms with E-state index in [1.54, 1.807) is 0 Å². The van der Waals surface area contributed by atoms with Crippen molar-refractivity contribution in [2.24, 2.45) is 5.92 Å². The molecule has 0 spiro atoms. The van der Waals surface area contributed by atoms with Gasteiger partial charge in [-0.15, -0.1) is 11.6 Å². The molecule has 0 saturated heterocycles. The van der Waals surface area contributed by atoms with Crippen LogP contribution in [0.5, 0.6) is 5.88 Å². The van der Waals surface area contributed by atoms with Crippen molar-refractivity contribution in [2.75, 3.05) is 0 Å². The van der Waals surface area contributed by atoms with Crippen molar-refractivity contribution in [3.8, 4) is 5.88 Å². The maximum Gasteiger partial charge on any atom is 0.213 e. The number of hydrogen-bond donors (Lipinski definition) is 0. The molecular weight excluding hydrogens is 234 g/mol. The fourth-order valence-corrected chi connectivity index (χ4v) is 2.71. The first-order valence-electron chi connectivity index (χ1n) is 6.38. The largest absolute Gasteiger partial charge is 0.474 e. The summed E-state index contributed by atoms with van der Waals surface area (Å²) in [5.41, 5.74) is 2.05. The molecule has 1 aliphatic carbocycles. The summed E-state index contributed by atoms with van der Waals surface area (Å²) in [4.78, 5) is 4.46. The summed E-state index contributed by atoms with van der Waals surface area (Å²) in [5, 5.41) is 0. The van der Waals surface area contributed by atoms with Crippen molar-refractivity contribution in [3.63, 3.8) is 0 Å². The summed E-state index contributed by atoms with van der Waals surface area (Å²) in [5.74, 6) is 2.03. The van der Waals surface area contributed by atoms with Crippen LogP contribution >= 0.6 is 11.6 Å². The molecule has 1 heterocycles. The van der Waals surface area contributed by atoms with Crippen LogP contribution in [0.15, 0.2) is 12.1 Å². The number of rotatable bonds is 3. The summed E-state index contributed by atoms with van der Waals surface area (Å²) in [6.45, 7) is 4.28. The van der Waals surface area contributed by atoms with Crippen molar-refractivity contribution >= 4 is 11.6 Å². The standard InChI is InChI=1S/C14H20ClNO/c1-10-4-3-5-13(8-10)17-14-7-6-12(9-15)11(2)16-14/h6-7,10,13H,3-5,8-9H2,1-2H3. The average molecular weight is 254 g/mol. The van der Waals surface area contributed by atoms with Crippen LogP contribution in [0.4, 0.5) is 0 Å². The maximum absolute atomic E-state index is 5.95. The summed E-state index contributed by atoms with van der Waals surface area (Å²) in [6.07, 6.45) is 5.25.